The first-order valence-electron chi connectivity index (χ1n) is 28.0. The second-order valence-electron chi connectivity index (χ2n) is 22.9. The molecule has 2 aromatic carbocycles. The van der Waals surface area contributed by atoms with E-state index in [9.17, 15) is 29.1 Å². The van der Waals surface area contributed by atoms with Crippen LogP contribution in [0.2, 0.25) is 0 Å². The smallest absolute Gasteiger partial charge is 0.410 e. The van der Waals surface area contributed by atoms with Crippen LogP contribution in [0.4, 0.5) is 21.0 Å². The number of aromatic nitrogens is 1. The first-order chi connectivity index (χ1) is 36.9. The summed E-state index contributed by atoms with van der Waals surface area (Å²) in [5.74, 6) is 12.2. The van der Waals surface area contributed by atoms with Crippen LogP contribution in [0, 0.1) is 63.2 Å². The third-order valence-electron chi connectivity index (χ3n) is 14.8. The molecule has 0 aliphatic carbocycles. The molecular weight excluding hydrogens is 991 g/mol. The molecule has 16 nitrogen and oxygen atoms in total. The summed E-state index contributed by atoms with van der Waals surface area (Å²) in [5, 5.41) is 9.82. The maximum Gasteiger partial charge on any atom is 0.410 e. The number of carboxylic acids is 1. The fourth-order valence-corrected chi connectivity index (χ4v) is 10.5. The van der Waals surface area contributed by atoms with Crippen molar-refractivity contribution in [2.75, 3.05) is 75.5 Å². The lowest BCUT2D eigenvalue weighted by Gasteiger charge is -2.36. The van der Waals surface area contributed by atoms with Gasteiger partial charge in [0.2, 0.25) is 0 Å². The Morgan fingerprint density at radius 2 is 1.05 bits per heavy atom. The third kappa shape index (κ3) is 17.0. The first-order valence-corrected chi connectivity index (χ1v) is 28.0. The van der Waals surface area contributed by atoms with Crippen LogP contribution in [0.15, 0.2) is 35.1 Å². The van der Waals surface area contributed by atoms with Gasteiger partial charge in [-0.05, 0) is 181 Å². The molecule has 0 saturated carbocycles. The zero-order chi connectivity index (χ0) is 56.9. The number of likely N-dealkylation sites (tertiary alicyclic amines) is 2. The number of hydrogen-bond acceptors (Lipinski definition) is 12. The van der Waals surface area contributed by atoms with Crippen molar-refractivity contribution in [1.82, 2.24) is 14.8 Å². The Bertz CT molecular complexity index is 2780. The molecule has 4 aliphatic rings. The van der Waals surface area contributed by atoms with Gasteiger partial charge < -0.3 is 53.4 Å². The van der Waals surface area contributed by atoms with Crippen molar-refractivity contribution >= 4 is 35.5 Å². The number of esters is 1. The topological polar surface area (TPSA) is 180 Å². The highest BCUT2D eigenvalue weighted by Gasteiger charge is 2.30. The number of aromatic amines is 1. The van der Waals surface area contributed by atoms with Crippen LogP contribution in [0.1, 0.15) is 167 Å². The van der Waals surface area contributed by atoms with E-state index in [0.717, 1.165) is 123 Å². The molecule has 5 heterocycles. The van der Waals surface area contributed by atoms with Crippen molar-refractivity contribution in [2.45, 2.75) is 164 Å². The van der Waals surface area contributed by atoms with Crippen molar-refractivity contribution in [3.8, 4) is 23.7 Å². The van der Waals surface area contributed by atoms with Crippen molar-refractivity contribution in [3.63, 3.8) is 0 Å². The van der Waals surface area contributed by atoms with Gasteiger partial charge in [-0.1, -0.05) is 23.7 Å². The number of amides is 2. The lowest BCUT2D eigenvalue weighted by Crippen LogP contribution is -2.41. The largest absolute Gasteiger partial charge is 0.478 e. The highest BCUT2D eigenvalue weighted by Crippen LogP contribution is 2.33. The van der Waals surface area contributed by atoms with E-state index in [1.54, 1.807) is 21.9 Å². The van der Waals surface area contributed by atoms with Crippen LogP contribution < -0.4 is 15.4 Å². The zero-order valence-electron chi connectivity index (χ0n) is 48.4. The molecule has 4 saturated heterocycles. The summed E-state index contributed by atoms with van der Waals surface area (Å²) < 4.78 is 27.9. The number of benzene rings is 2. The minimum Gasteiger partial charge on any atom is -0.478 e. The molecule has 3 aromatic rings. The average molecular weight is 1080 g/mol. The molecule has 0 atom stereocenters. The number of H-pyrrole nitrogens is 1. The molecule has 2 amide bonds. The van der Waals surface area contributed by atoms with Crippen molar-refractivity contribution in [3.05, 3.63) is 90.9 Å². The van der Waals surface area contributed by atoms with Crippen molar-refractivity contribution in [2.24, 2.45) is 11.8 Å². The van der Waals surface area contributed by atoms with Gasteiger partial charge in [-0.2, -0.15) is 0 Å². The average Bonchev–Trinajstić information content (AvgIpc) is 3.39. The molecule has 7 rings (SSSR count). The lowest BCUT2D eigenvalue weighted by atomic mass is 9.96. The molecule has 1 aromatic heterocycles. The van der Waals surface area contributed by atoms with Gasteiger partial charge in [0, 0.05) is 118 Å². The summed E-state index contributed by atoms with van der Waals surface area (Å²) in [7, 11) is 0. The second-order valence-corrected chi connectivity index (χ2v) is 22.9. The fraction of sp³-hybridized carbons (Fsp3) is 0.597. The van der Waals surface area contributed by atoms with E-state index in [2.05, 4.69) is 58.4 Å². The van der Waals surface area contributed by atoms with Gasteiger partial charge in [-0.15, -0.1) is 0 Å². The van der Waals surface area contributed by atoms with Gasteiger partial charge in [0.05, 0.1) is 16.7 Å². The molecular formula is C62H85N5O11. The van der Waals surface area contributed by atoms with Crippen LogP contribution in [0.3, 0.4) is 0 Å². The summed E-state index contributed by atoms with van der Waals surface area (Å²) in [6.07, 6.45) is 6.19. The molecule has 0 unspecified atom stereocenters. The number of pyridine rings is 1. The monoisotopic (exact) mass is 1080 g/mol. The summed E-state index contributed by atoms with van der Waals surface area (Å²) in [5.41, 5.74) is 6.41. The van der Waals surface area contributed by atoms with Gasteiger partial charge in [0.1, 0.15) is 17.8 Å². The van der Waals surface area contributed by atoms with Crippen LogP contribution in [-0.4, -0.2) is 133 Å². The van der Waals surface area contributed by atoms with E-state index in [4.69, 9.17) is 23.7 Å². The Morgan fingerprint density at radius 3 is 1.44 bits per heavy atom. The van der Waals surface area contributed by atoms with Crippen LogP contribution >= 0.6 is 0 Å². The van der Waals surface area contributed by atoms with Crippen molar-refractivity contribution < 1.29 is 48.0 Å². The standard InChI is InChI=1S/C35H47N3O6.C27H38N2O5/c1-8-38(28-13-17-42-18-14-28)31-21-27(10-9-26-11-15-37(16-12-26)34(41)44-35(5,6)7)20-29(25(31)4)33(40)43-22-30-23(2)19-24(3)36-32(30)39;1-6-29(22-11-15-33-16-12-22)24-18-21(17-23(19(24)2)25(30)31)8-7-20-9-13-28(14-10-20)26(32)34-27(3,4)5/h19-21,26,28H,8,11-18,22H2,1-7H3,(H,36,39);17-18,20,22H,6,9-16H2,1-5H3,(H,30,31). The Balaban J connectivity index is 0.000000261. The van der Waals surface area contributed by atoms with E-state index < -0.39 is 23.1 Å². The van der Waals surface area contributed by atoms with Crippen molar-refractivity contribution in [1.29, 1.82) is 0 Å². The Morgan fingerprint density at radius 1 is 0.641 bits per heavy atom. The quantitative estimate of drug-likeness (QED) is 0.111. The maximum absolute atomic E-state index is 13.6. The number of aryl methyl sites for hydroxylation is 2. The minimum atomic E-state index is -0.934. The van der Waals surface area contributed by atoms with Gasteiger partial charge in [0.25, 0.3) is 5.56 Å². The van der Waals surface area contributed by atoms with E-state index in [0.29, 0.717) is 68.2 Å². The van der Waals surface area contributed by atoms with Gasteiger partial charge in [0.15, 0.2) is 0 Å². The number of carbonyl (C=O) groups is 4. The Kier molecular flexibility index (Phi) is 21.3. The van der Waals surface area contributed by atoms with Crippen LogP contribution in [0.5, 0.6) is 0 Å². The van der Waals surface area contributed by atoms with Gasteiger partial charge in [-0.25, -0.2) is 19.2 Å². The fourth-order valence-electron chi connectivity index (χ4n) is 10.5. The number of nitrogens with one attached hydrogen (secondary N) is 1. The number of nitrogens with zero attached hydrogens (tertiary/aromatic N) is 4. The molecule has 2 N–H and O–H groups in total. The summed E-state index contributed by atoms with van der Waals surface area (Å²) >= 11 is 0. The second kappa shape index (κ2) is 27.4. The predicted octanol–water partition coefficient (Wildman–Crippen LogP) is 10.4. The number of ether oxygens (including phenoxy) is 5. The van der Waals surface area contributed by atoms with Crippen LogP contribution in [-0.2, 0) is 30.3 Å². The van der Waals surface area contributed by atoms with E-state index in [1.807, 2.05) is 81.4 Å². The van der Waals surface area contributed by atoms with E-state index >= 15 is 0 Å². The summed E-state index contributed by atoms with van der Waals surface area (Å²) in [4.78, 5) is 73.8. The number of piperidine rings is 2. The molecule has 424 valence electrons. The molecule has 4 aliphatic heterocycles. The first kappa shape index (κ1) is 60.7. The van der Waals surface area contributed by atoms with E-state index in [-0.39, 0.29) is 36.2 Å². The predicted molar refractivity (Wildman–Crippen MR) is 304 cm³/mol. The number of carboxylic acid groups (broad SMARTS) is 1. The SMILES string of the molecule is CCN(c1cc(C#CC2CCN(C(=O)OC(C)(C)C)CC2)cc(C(=O)O)c1C)C1CCOCC1.CCN(c1cc(C#CC2CCN(C(=O)OC(C)(C)C)CC2)cc(C(=O)OCc2c(C)cc(C)[nH]c2=O)c1C)C1CCOCC1. The summed E-state index contributed by atoms with van der Waals surface area (Å²) in [6, 6.07) is 10.1. The zero-order valence-corrected chi connectivity index (χ0v) is 48.4. The molecule has 0 radical (unpaired) electrons. The van der Waals surface area contributed by atoms with Crippen LogP contribution in [0.25, 0.3) is 0 Å². The maximum atomic E-state index is 13.6. The normalized spacial score (nSPS) is 16.8. The number of carbonyl (C=O) groups excluding carboxylic acids is 3. The molecule has 4 fully saturated rings. The number of rotatable bonds is 10. The van der Waals surface area contributed by atoms with Gasteiger partial charge >= 0.3 is 24.1 Å². The number of aromatic carboxylic acids is 1. The minimum absolute atomic E-state index is 0.112. The highest BCUT2D eigenvalue weighted by atomic mass is 16.6. The summed E-state index contributed by atoms with van der Waals surface area (Å²) in [6.45, 7) is 29.7. The number of anilines is 2. The highest BCUT2D eigenvalue weighted by molar-refractivity contribution is 5.94. The number of hydrogen-bond donors (Lipinski definition) is 2. The van der Waals surface area contributed by atoms with E-state index in [1.165, 1.54) is 0 Å². The van der Waals surface area contributed by atoms with Gasteiger partial charge in [-0.3, -0.25) is 4.79 Å². The third-order valence-corrected chi connectivity index (χ3v) is 14.8. The lowest BCUT2D eigenvalue weighted by molar-refractivity contribution is 0.0189. The molecule has 16 heteroatoms. The molecule has 0 spiro atoms. The molecule has 78 heavy (non-hydrogen) atoms. The Hall–Kier alpha value is -6.49. The molecule has 0 bridgehead atoms. The Labute approximate surface area is 462 Å².